The lowest BCUT2D eigenvalue weighted by Crippen LogP contribution is -2.19. The van der Waals surface area contributed by atoms with E-state index in [9.17, 15) is 0 Å². The second-order valence-electron chi connectivity index (χ2n) is 3.37. The van der Waals surface area contributed by atoms with Crippen molar-refractivity contribution in [1.82, 2.24) is 14.6 Å². The number of fused-ring (bicyclic) bond motifs is 1. The van der Waals surface area contributed by atoms with E-state index in [0.717, 1.165) is 11.5 Å². The van der Waals surface area contributed by atoms with Gasteiger partial charge in [-0.3, -0.25) is 4.40 Å². The molecule has 0 fully saturated rings. The fraction of sp³-hybridized carbons (Fsp3) is 0.333. The normalized spacial score (nSPS) is 13.4. The molecule has 14 heavy (non-hydrogen) atoms. The molecular weight excluding hydrogens is 200 g/mol. The van der Waals surface area contributed by atoms with Crippen LogP contribution in [-0.2, 0) is 6.42 Å². The fourth-order valence-corrected chi connectivity index (χ4v) is 1.50. The van der Waals surface area contributed by atoms with Crippen molar-refractivity contribution < 1.29 is 0 Å². The van der Waals surface area contributed by atoms with Gasteiger partial charge in [0.25, 0.3) is 0 Å². The van der Waals surface area contributed by atoms with E-state index in [0.29, 0.717) is 11.4 Å². The summed E-state index contributed by atoms with van der Waals surface area (Å²) in [6, 6.07) is 3.67. The van der Waals surface area contributed by atoms with E-state index in [1.807, 2.05) is 23.6 Å². The van der Waals surface area contributed by atoms with Gasteiger partial charge in [-0.1, -0.05) is 11.6 Å². The second-order valence-corrected chi connectivity index (χ2v) is 3.81. The van der Waals surface area contributed by atoms with Crippen LogP contribution < -0.4 is 5.73 Å². The Kier molecular flexibility index (Phi) is 2.39. The topological polar surface area (TPSA) is 56.2 Å². The maximum Gasteiger partial charge on any atom is 0.162 e. The van der Waals surface area contributed by atoms with Crippen LogP contribution in [0.1, 0.15) is 12.7 Å². The fourth-order valence-electron chi connectivity index (χ4n) is 1.34. The van der Waals surface area contributed by atoms with Crippen molar-refractivity contribution in [2.75, 3.05) is 0 Å². The number of aromatic nitrogens is 3. The van der Waals surface area contributed by atoms with E-state index in [-0.39, 0.29) is 6.04 Å². The highest BCUT2D eigenvalue weighted by Gasteiger charge is 2.07. The van der Waals surface area contributed by atoms with Gasteiger partial charge in [-0.25, -0.2) is 0 Å². The number of nitrogens with zero attached hydrogens (tertiary/aromatic N) is 3. The molecule has 1 unspecified atom stereocenters. The zero-order valence-corrected chi connectivity index (χ0v) is 8.57. The van der Waals surface area contributed by atoms with Crippen LogP contribution in [-0.4, -0.2) is 20.6 Å². The van der Waals surface area contributed by atoms with Gasteiger partial charge in [-0.15, -0.1) is 10.2 Å². The number of hydrogen-bond acceptors (Lipinski definition) is 3. The van der Waals surface area contributed by atoms with Crippen LogP contribution in [0.2, 0.25) is 5.02 Å². The Labute approximate surface area is 86.7 Å². The summed E-state index contributed by atoms with van der Waals surface area (Å²) in [5.41, 5.74) is 6.45. The summed E-state index contributed by atoms with van der Waals surface area (Å²) in [7, 11) is 0. The van der Waals surface area contributed by atoms with Crippen molar-refractivity contribution in [1.29, 1.82) is 0 Å². The second kappa shape index (κ2) is 3.55. The molecule has 0 spiro atoms. The molecule has 0 aliphatic carbocycles. The molecule has 1 atom stereocenters. The molecular formula is C9H11ClN4. The molecule has 4 nitrogen and oxygen atoms in total. The molecule has 2 N–H and O–H groups in total. The van der Waals surface area contributed by atoms with Gasteiger partial charge in [0.15, 0.2) is 5.65 Å². The molecule has 74 valence electrons. The van der Waals surface area contributed by atoms with Gasteiger partial charge in [0.1, 0.15) is 5.82 Å². The maximum atomic E-state index is 5.83. The van der Waals surface area contributed by atoms with E-state index >= 15 is 0 Å². The number of pyridine rings is 1. The van der Waals surface area contributed by atoms with Crippen molar-refractivity contribution in [2.24, 2.45) is 5.73 Å². The molecule has 0 radical (unpaired) electrons. The number of rotatable bonds is 2. The standard InChI is InChI=1S/C9H11ClN4/c1-6(11)4-8-12-13-9-5-7(10)2-3-14(8)9/h2-3,5-6H,4,11H2,1H3. The van der Waals surface area contributed by atoms with E-state index in [2.05, 4.69) is 10.2 Å². The Morgan fingerprint density at radius 3 is 3.07 bits per heavy atom. The minimum atomic E-state index is 0.0816. The van der Waals surface area contributed by atoms with Crippen LogP contribution in [0.3, 0.4) is 0 Å². The summed E-state index contributed by atoms with van der Waals surface area (Å²) >= 11 is 5.83. The van der Waals surface area contributed by atoms with Gasteiger partial charge in [0, 0.05) is 29.7 Å². The van der Waals surface area contributed by atoms with Crippen LogP contribution in [0.4, 0.5) is 0 Å². The largest absolute Gasteiger partial charge is 0.328 e. The predicted octanol–water partition coefficient (Wildman–Crippen LogP) is 1.27. The van der Waals surface area contributed by atoms with Crippen molar-refractivity contribution in [3.63, 3.8) is 0 Å². The lowest BCUT2D eigenvalue weighted by atomic mass is 10.2. The molecule has 2 aromatic rings. The van der Waals surface area contributed by atoms with Crippen LogP contribution in [0, 0.1) is 0 Å². The van der Waals surface area contributed by atoms with Gasteiger partial charge in [-0.2, -0.15) is 0 Å². The highest BCUT2D eigenvalue weighted by Crippen LogP contribution is 2.12. The van der Waals surface area contributed by atoms with Gasteiger partial charge in [0.05, 0.1) is 0 Å². The maximum absolute atomic E-state index is 5.83. The van der Waals surface area contributed by atoms with Gasteiger partial charge < -0.3 is 5.73 Å². The third kappa shape index (κ3) is 1.71. The van der Waals surface area contributed by atoms with Crippen molar-refractivity contribution in [3.8, 4) is 0 Å². The SMILES string of the molecule is CC(N)Cc1nnc2cc(Cl)ccn12. The van der Waals surface area contributed by atoms with E-state index in [1.165, 1.54) is 0 Å². The van der Waals surface area contributed by atoms with Gasteiger partial charge in [-0.05, 0) is 13.0 Å². The predicted molar refractivity (Wildman–Crippen MR) is 55.4 cm³/mol. The number of nitrogens with two attached hydrogens (primary N) is 1. The molecule has 0 aliphatic rings. The first-order valence-corrected chi connectivity index (χ1v) is 4.79. The zero-order valence-electron chi connectivity index (χ0n) is 7.81. The van der Waals surface area contributed by atoms with E-state index in [1.54, 1.807) is 6.07 Å². The Bertz CT molecular complexity index is 449. The first-order valence-electron chi connectivity index (χ1n) is 4.41. The summed E-state index contributed by atoms with van der Waals surface area (Å²) in [6.45, 7) is 1.94. The summed E-state index contributed by atoms with van der Waals surface area (Å²) in [6.07, 6.45) is 2.57. The van der Waals surface area contributed by atoms with E-state index < -0.39 is 0 Å². The molecule has 2 rings (SSSR count). The average molecular weight is 211 g/mol. The summed E-state index contributed by atoms with van der Waals surface area (Å²) < 4.78 is 1.90. The van der Waals surface area contributed by atoms with Gasteiger partial charge in [0.2, 0.25) is 0 Å². The number of hydrogen-bond donors (Lipinski definition) is 1. The number of halogens is 1. The summed E-state index contributed by atoms with van der Waals surface area (Å²) in [5.74, 6) is 0.867. The van der Waals surface area contributed by atoms with Crippen LogP contribution >= 0.6 is 11.6 Å². The van der Waals surface area contributed by atoms with Gasteiger partial charge >= 0.3 is 0 Å². The Morgan fingerprint density at radius 1 is 1.57 bits per heavy atom. The molecule has 0 bridgehead atoms. The molecule has 0 amide bonds. The zero-order chi connectivity index (χ0) is 10.1. The monoisotopic (exact) mass is 210 g/mol. The highest BCUT2D eigenvalue weighted by atomic mass is 35.5. The molecule has 5 heteroatoms. The first kappa shape index (κ1) is 9.43. The molecule has 0 aromatic carbocycles. The lowest BCUT2D eigenvalue weighted by Gasteiger charge is -2.02. The van der Waals surface area contributed by atoms with Crippen LogP contribution in [0.5, 0.6) is 0 Å². The summed E-state index contributed by atoms with van der Waals surface area (Å²) in [5, 5.41) is 8.72. The van der Waals surface area contributed by atoms with E-state index in [4.69, 9.17) is 17.3 Å². The molecule has 2 aromatic heterocycles. The smallest absolute Gasteiger partial charge is 0.162 e. The Balaban J connectivity index is 2.47. The van der Waals surface area contributed by atoms with Crippen LogP contribution in [0.15, 0.2) is 18.3 Å². The minimum Gasteiger partial charge on any atom is -0.328 e. The lowest BCUT2D eigenvalue weighted by molar-refractivity contribution is 0.695. The highest BCUT2D eigenvalue weighted by molar-refractivity contribution is 6.30. The summed E-state index contributed by atoms with van der Waals surface area (Å²) in [4.78, 5) is 0. The van der Waals surface area contributed by atoms with Crippen molar-refractivity contribution >= 4 is 17.2 Å². The Hall–Kier alpha value is -1.13. The minimum absolute atomic E-state index is 0.0816. The molecule has 0 saturated carbocycles. The third-order valence-electron chi connectivity index (χ3n) is 1.95. The third-order valence-corrected chi connectivity index (χ3v) is 2.18. The quantitative estimate of drug-likeness (QED) is 0.812. The van der Waals surface area contributed by atoms with Crippen molar-refractivity contribution in [2.45, 2.75) is 19.4 Å². The van der Waals surface area contributed by atoms with Crippen LogP contribution in [0.25, 0.3) is 5.65 Å². The Morgan fingerprint density at radius 2 is 2.36 bits per heavy atom. The molecule has 0 saturated heterocycles. The van der Waals surface area contributed by atoms with Crippen molar-refractivity contribution in [3.05, 3.63) is 29.2 Å². The molecule has 0 aliphatic heterocycles. The molecule has 2 heterocycles. The first-order chi connectivity index (χ1) is 6.66. The average Bonchev–Trinajstić information content (AvgIpc) is 2.47.